The van der Waals surface area contributed by atoms with Gasteiger partial charge in [-0.3, -0.25) is 28.8 Å². The highest BCUT2D eigenvalue weighted by Gasteiger charge is 2.41. The first-order valence-corrected chi connectivity index (χ1v) is 14.5. The maximum Gasteiger partial charge on any atom is 0.357 e. The van der Waals surface area contributed by atoms with Crippen molar-refractivity contribution in [3.8, 4) is 0 Å². The Morgan fingerprint density at radius 3 is 2.26 bits per heavy atom. The quantitative estimate of drug-likeness (QED) is 0.101. The summed E-state index contributed by atoms with van der Waals surface area (Å²) in [5.74, 6) is -1.51. The summed E-state index contributed by atoms with van der Waals surface area (Å²) in [5.41, 5.74) is -3.03. The van der Waals surface area contributed by atoms with E-state index in [4.69, 9.17) is 14.2 Å². The van der Waals surface area contributed by atoms with Crippen molar-refractivity contribution < 1.29 is 27.0 Å². The molecule has 0 aliphatic rings. The molecule has 0 aliphatic carbocycles. The topological polar surface area (TPSA) is 194 Å². The summed E-state index contributed by atoms with van der Waals surface area (Å²) in [5, 5.41) is 16.9. The molecule has 4 rings (SSSR count). The minimum absolute atomic E-state index is 0.0712. The number of aromatic amines is 1. The van der Waals surface area contributed by atoms with Gasteiger partial charge < -0.3 is 14.0 Å². The van der Waals surface area contributed by atoms with Gasteiger partial charge >= 0.3 is 18.7 Å². The number of hydrogen-bond donors (Lipinski definition) is 2. The summed E-state index contributed by atoms with van der Waals surface area (Å²) >= 11 is 0. The van der Waals surface area contributed by atoms with Crippen molar-refractivity contribution in [2.45, 2.75) is 24.5 Å². The lowest BCUT2D eigenvalue weighted by molar-refractivity contribution is -0.383. The van der Waals surface area contributed by atoms with Gasteiger partial charge in [0.15, 0.2) is 5.78 Å². The summed E-state index contributed by atoms with van der Waals surface area (Å²) < 4.78 is 51.0. The molecule has 1 unspecified atom stereocenters. The van der Waals surface area contributed by atoms with Crippen LogP contribution in [0.2, 0.25) is 0 Å². The molecule has 0 saturated carbocycles. The lowest BCUT2D eigenvalue weighted by Gasteiger charge is -2.29. The molecule has 1 aromatic heterocycles. The molecule has 38 heavy (non-hydrogen) atoms. The van der Waals surface area contributed by atoms with Gasteiger partial charge in [0.1, 0.15) is 0 Å². The number of aromatic nitrogens is 2. The van der Waals surface area contributed by atoms with Crippen molar-refractivity contribution in [3.05, 3.63) is 91.0 Å². The third kappa shape index (κ3) is 4.68. The van der Waals surface area contributed by atoms with Crippen LogP contribution < -0.4 is 16.3 Å². The van der Waals surface area contributed by atoms with Gasteiger partial charge in [0.25, 0.3) is 5.69 Å². The fourth-order valence-corrected chi connectivity index (χ4v) is 7.29. The molecule has 0 saturated heterocycles. The number of rotatable bonds is 9. The number of nitro groups is 1. The Balaban J connectivity index is 2.33. The van der Waals surface area contributed by atoms with Gasteiger partial charge in [0.05, 0.1) is 39.5 Å². The molecule has 3 N–H and O–H groups in total. The van der Waals surface area contributed by atoms with Gasteiger partial charge in [0, 0.05) is 11.5 Å². The fraction of sp³-hybridized carbons (Fsp3) is 0.217. The van der Waals surface area contributed by atoms with Crippen molar-refractivity contribution in [2.24, 2.45) is 5.14 Å². The highest BCUT2D eigenvalue weighted by molar-refractivity contribution is 7.89. The summed E-state index contributed by atoms with van der Waals surface area (Å²) in [7, 11) is -8.72. The zero-order valence-electron chi connectivity index (χ0n) is 20.2. The molecular formula is C23H23N4O9PS. The number of non-ortho nitro benzene ring substituents is 1. The highest BCUT2D eigenvalue weighted by atomic mass is 32.2. The predicted octanol–water partition coefficient (Wildman–Crippen LogP) is 3.21. The van der Waals surface area contributed by atoms with Crippen LogP contribution in [0, 0.1) is 10.1 Å². The van der Waals surface area contributed by atoms with Crippen LogP contribution in [0.4, 0.5) is 5.69 Å². The van der Waals surface area contributed by atoms with E-state index >= 15 is 0 Å². The van der Waals surface area contributed by atoms with Crippen molar-refractivity contribution in [1.82, 2.24) is 9.55 Å². The normalized spacial score (nSPS) is 13.1. The van der Waals surface area contributed by atoms with Gasteiger partial charge in [-0.2, -0.15) is 0 Å². The van der Waals surface area contributed by atoms with Crippen LogP contribution >= 0.6 is 7.60 Å². The van der Waals surface area contributed by atoms with Crippen LogP contribution in [0.15, 0.2) is 69.1 Å². The number of nitrogens with zero attached hydrogens (tertiary/aromatic N) is 2. The summed E-state index contributed by atoms with van der Waals surface area (Å²) in [4.78, 5) is 39.2. The van der Waals surface area contributed by atoms with Gasteiger partial charge in [-0.1, -0.05) is 42.5 Å². The number of primary sulfonamides is 1. The Labute approximate surface area is 215 Å². The van der Waals surface area contributed by atoms with Crippen LogP contribution in [0.1, 0.15) is 25.2 Å². The second-order valence-corrected chi connectivity index (χ2v) is 11.7. The van der Waals surface area contributed by atoms with E-state index in [2.05, 4.69) is 4.98 Å². The first-order chi connectivity index (χ1) is 17.9. The first-order valence-electron chi connectivity index (χ1n) is 11.3. The van der Waals surface area contributed by atoms with E-state index in [0.717, 1.165) is 16.7 Å². The number of benzene rings is 3. The molecular weight excluding hydrogens is 539 g/mol. The third-order valence-corrected chi connectivity index (χ3v) is 9.06. The number of nitrogens with two attached hydrogens (primary N) is 1. The average Bonchev–Trinajstić information content (AvgIpc) is 2.85. The number of sulfonamides is 1. The fourth-order valence-electron chi connectivity index (χ4n) is 4.41. The molecule has 0 radical (unpaired) electrons. The Hall–Kier alpha value is -3.68. The lowest BCUT2D eigenvalue weighted by atomic mass is 10.1. The third-order valence-electron chi connectivity index (χ3n) is 5.74. The molecule has 15 heteroatoms. The van der Waals surface area contributed by atoms with Gasteiger partial charge in [-0.25, -0.2) is 13.6 Å². The van der Waals surface area contributed by atoms with Gasteiger partial charge in [-0.15, -0.1) is 0 Å². The van der Waals surface area contributed by atoms with Crippen molar-refractivity contribution in [2.75, 3.05) is 13.2 Å². The van der Waals surface area contributed by atoms with Crippen LogP contribution in [0.3, 0.4) is 0 Å². The van der Waals surface area contributed by atoms with Crippen LogP contribution in [-0.4, -0.2) is 36.1 Å². The maximum atomic E-state index is 14.2. The number of hydrogen-bond acceptors (Lipinski definition) is 9. The molecule has 0 bridgehead atoms. The summed E-state index contributed by atoms with van der Waals surface area (Å²) in [6.07, 6.45) is 0. The number of nitro benzene ring substituents is 1. The SMILES string of the molecule is CCOP(=O)(OCC)C(c1ccccc1)n1c(=O)c(=O)[nH]c2cc([N+](=O)[O-])c3c(S(N)(=O)=O)cccc3c21. The Morgan fingerprint density at radius 1 is 1.08 bits per heavy atom. The Bertz CT molecular complexity index is 1830. The second kappa shape index (κ2) is 10.2. The average molecular weight is 562 g/mol. The molecule has 200 valence electrons. The van der Waals surface area contributed by atoms with Crippen molar-refractivity contribution in [1.29, 1.82) is 0 Å². The van der Waals surface area contributed by atoms with E-state index in [0.29, 0.717) is 0 Å². The van der Waals surface area contributed by atoms with Crippen LogP contribution in [0.25, 0.3) is 21.8 Å². The van der Waals surface area contributed by atoms with E-state index in [9.17, 15) is 32.7 Å². The standard InChI is InChI=1S/C23H23N4O9PS/c1-3-35-37(32,36-4-2)23(14-9-6-5-7-10-14)26-20-15-11-8-12-18(38(24,33)34)19(15)17(27(30)31)13-16(20)25-21(28)22(26)29/h5-13,23H,3-4H2,1-2H3,(H,25,28)(H2,24,33,34). The van der Waals surface area contributed by atoms with Crippen LogP contribution in [0.5, 0.6) is 0 Å². The molecule has 1 atom stereocenters. The predicted molar refractivity (Wildman–Crippen MR) is 140 cm³/mol. The Morgan fingerprint density at radius 2 is 1.71 bits per heavy atom. The van der Waals surface area contributed by atoms with Gasteiger partial charge in [-0.05, 0) is 25.5 Å². The number of H-pyrrole nitrogens is 1. The molecule has 3 aromatic carbocycles. The summed E-state index contributed by atoms with van der Waals surface area (Å²) in [6.45, 7) is 3.00. The zero-order valence-corrected chi connectivity index (χ0v) is 21.9. The lowest BCUT2D eigenvalue weighted by Crippen LogP contribution is -2.39. The minimum Gasteiger partial charge on any atom is -0.316 e. The number of nitrogens with one attached hydrogen (secondary N) is 1. The minimum atomic E-state index is -4.47. The molecule has 4 aromatic rings. The monoisotopic (exact) mass is 562 g/mol. The molecule has 1 heterocycles. The highest BCUT2D eigenvalue weighted by Crippen LogP contribution is 2.61. The first kappa shape index (κ1) is 27.4. The zero-order chi connectivity index (χ0) is 27.8. The number of fused-ring (bicyclic) bond motifs is 3. The van der Waals surface area contributed by atoms with Crippen LogP contribution in [-0.2, 0) is 23.6 Å². The molecule has 0 amide bonds. The smallest absolute Gasteiger partial charge is 0.316 e. The van der Waals surface area contributed by atoms with Gasteiger partial charge in [0.2, 0.25) is 10.0 Å². The van der Waals surface area contributed by atoms with E-state index in [1.165, 1.54) is 12.1 Å². The van der Waals surface area contributed by atoms with E-state index in [1.807, 2.05) is 0 Å². The van der Waals surface area contributed by atoms with E-state index < -0.39 is 50.0 Å². The molecule has 0 spiro atoms. The second-order valence-electron chi connectivity index (χ2n) is 8.06. The molecule has 0 aliphatic heterocycles. The largest absolute Gasteiger partial charge is 0.357 e. The molecule has 13 nitrogen and oxygen atoms in total. The Kier molecular flexibility index (Phi) is 7.37. The molecule has 0 fully saturated rings. The van der Waals surface area contributed by atoms with E-state index in [1.54, 1.807) is 44.2 Å². The van der Waals surface area contributed by atoms with Crippen molar-refractivity contribution in [3.63, 3.8) is 0 Å². The van der Waals surface area contributed by atoms with E-state index in [-0.39, 0.29) is 40.6 Å². The summed E-state index contributed by atoms with van der Waals surface area (Å²) in [6, 6.07) is 12.7. The maximum absolute atomic E-state index is 14.2. The van der Waals surface area contributed by atoms with Crippen molar-refractivity contribution >= 4 is 45.1 Å².